The molecule has 0 spiro atoms. The molecule has 2 aliphatic rings. The van der Waals surface area contributed by atoms with Crippen molar-refractivity contribution in [2.24, 2.45) is 5.92 Å². The van der Waals surface area contributed by atoms with Crippen molar-refractivity contribution < 1.29 is 17.9 Å². The molecule has 2 aromatic rings. The Morgan fingerprint density at radius 1 is 1.09 bits per heavy atom. The minimum Gasteiger partial charge on any atom is -0.379 e. The molecule has 3 heterocycles. The molecule has 186 valence electrons. The summed E-state index contributed by atoms with van der Waals surface area (Å²) in [6.45, 7) is 8.04. The van der Waals surface area contributed by atoms with Gasteiger partial charge in [0, 0.05) is 38.3 Å². The molecule has 9 nitrogen and oxygen atoms in total. The molecule has 0 saturated carbocycles. The third-order valence-corrected chi connectivity index (χ3v) is 8.84. The lowest BCUT2D eigenvalue weighted by molar-refractivity contribution is -0.129. The Morgan fingerprint density at radius 3 is 2.53 bits per heavy atom. The average molecular weight is 508 g/mol. The number of nitrogens with zero attached hydrogens (tertiary/aromatic N) is 5. The van der Waals surface area contributed by atoms with E-state index in [2.05, 4.69) is 24.0 Å². The van der Waals surface area contributed by atoms with E-state index < -0.39 is 10.0 Å². The van der Waals surface area contributed by atoms with Gasteiger partial charge in [0.1, 0.15) is 0 Å². The number of hydrogen-bond donors (Lipinski definition) is 0. The quantitative estimate of drug-likeness (QED) is 0.507. The second-order valence-electron chi connectivity index (χ2n) is 9.09. The molecule has 1 amide bonds. The van der Waals surface area contributed by atoms with Crippen molar-refractivity contribution in [3.8, 4) is 11.4 Å². The van der Waals surface area contributed by atoms with E-state index in [0.29, 0.717) is 61.1 Å². The molecule has 2 saturated heterocycles. The van der Waals surface area contributed by atoms with Crippen molar-refractivity contribution >= 4 is 27.7 Å². The van der Waals surface area contributed by atoms with Gasteiger partial charge in [-0.25, -0.2) is 8.42 Å². The predicted molar refractivity (Wildman–Crippen MR) is 131 cm³/mol. The third-order valence-electron chi connectivity index (χ3n) is 6.00. The topological polar surface area (TPSA) is 97.6 Å². The first-order chi connectivity index (χ1) is 16.4. The number of aromatic nitrogens is 3. The van der Waals surface area contributed by atoms with Gasteiger partial charge in [-0.3, -0.25) is 4.79 Å². The van der Waals surface area contributed by atoms with Crippen LogP contribution in [0.25, 0.3) is 11.4 Å². The number of likely N-dealkylation sites (tertiary alicyclic amines) is 1. The summed E-state index contributed by atoms with van der Waals surface area (Å²) in [5.41, 5.74) is 0.691. The third kappa shape index (κ3) is 5.81. The number of ether oxygens (including phenoxy) is 1. The maximum Gasteiger partial charge on any atom is 0.243 e. The lowest BCUT2D eigenvalue weighted by Crippen LogP contribution is -2.40. The van der Waals surface area contributed by atoms with Crippen molar-refractivity contribution in [3.05, 3.63) is 24.3 Å². The standard InChI is InChI=1S/C23H33N5O4S2/c1-18(2)16-28-22(24-25-23(28)33-17-21(29)26-9-4-3-5-10-26)19-7-6-8-20(15-19)34(30,31)27-11-13-32-14-12-27/h6-8,15,18H,3-5,9-14,16-17H2,1-2H3. The number of piperidine rings is 1. The number of amides is 1. The van der Waals surface area contributed by atoms with Crippen LogP contribution in [0.5, 0.6) is 0 Å². The zero-order valence-electron chi connectivity index (χ0n) is 19.9. The van der Waals surface area contributed by atoms with E-state index in [0.717, 1.165) is 25.9 Å². The molecule has 0 bridgehead atoms. The van der Waals surface area contributed by atoms with Gasteiger partial charge in [-0.1, -0.05) is 37.7 Å². The van der Waals surface area contributed by atoms with Crippen LogP contribution in [0.1, 0.15) is 33.1 Å². The van der Waals surface area contributed by atoms with Crippen LogP contribution < -0.4 is 0 Å². The van der Waals surface area contributed by atoms with E-state index in [1.54, 1.807) is 18.2 Å². The predicted octanol–water partition coefficient (Wildman–Crippen LogP) is 2.73. The molecule has 0 atom stereocenters. The Bertz CT molecular complexity index is 1090. The lowest BCUT2D eigenvalue weighted by Gasteiger charge is -2.26. The summed E-state index contributed by atoms with van der Waals surface area (Å²) in [7, 11) is -3.62. The smallest absolute Gasteiger partial charge is 0.243 e. The van der Waals surface area contributed by atoms with Crippen molar-refractivity contribution in [1.29, 1.82) is 0 Å². The molecule has 0 unspecified atom stereocenters. The number of sulfonamides is 1. The Balaban J connectivity index is 1.57. The SMILES string of the molecule is CC(C)Cn1c(SCC(=O)N2CCCCC2)nnc1-c1cccc(S(=O)(=O)N2CCOCC2)c1. The van der Waals surface area contributed by atoms with E-state index in [-0.39, 0.29) is 10.8 Å². The Hall–Kier alpha value is -1.95. The minimum absolute atomic E-state index is 0.129. The van der Waals surface area contributed by atoms with Crippen LogP contribution in [0.2, 0.25) is 0 Å². The van der Waals surface area contributed by atoms with Crippen LogP contribution in [0.4, 0.5) is 0 Å². The molecule has 0 radical (unpaired) electrons. The number of thioether (sulfide) groups is 1. The molecular formula is C23H33N5O4S2. The van der Waals surface area contributed by atoms with Gasteiger partial charge in [-0.15, -0.1) is 10.2 Å². The first-order valence-electron chi connectivity index (χ1n) is 11.9. The minimum atomic E-state index is -3.62. The summed E-state index contributed by atoms with van der Waals surface area (Å²) in [5, 5.41) is 9.45. The zero-order chi connectivity index (χ0) is 24.1. The average Bonchev–Trinajstić information content (AvgIpc) is 3.25. The summed E-state index contributed by atoms with van der Waals surface area (Å²) in [6.07, 6.45) is 3.31. The maximum atomic E-state index is 13.1. The summed E-state index contributed by atoms with van der Waals surface area (Å²) in [4.78, 5) is 14.8. The van der Waals surface area contributed by atoms with E-state index in [1.807, 2.05) is 15.5 Å². The molecule has 0 N–H and O–H groups in total. The normalized spacial score (nSPS) is 17.9. The van der Waals surface area contributed by atoms with Crippen molar-refractivity contribution in [2.75, 3.05) is 45.1 Å². The molecule has 11 heteroatoms. The fourth-order valence-corrected chi connectivity index (χ4v) is 6.54. The van der Waals surface area contributed by atoms with Crippen molar-refractivity contribution in [1.82, 2.24) is 24.0 Å². The van der Waals surface area contributed by atoms with E-state index >= 15 is 0 Å². The molecule has 0 aliphatic carbocycles. The van der Waals surface area contributed by atoms with E-state index in [9.17, 15) is 13.2 Å². The van der Waals surface area contributed by atoms with Crippen molar-refractivity contribution in [2.45, 2.75) is 49.7 Å². The molecule has 1 aromatic heterocycles. The first-order valence-corrected chi connectivity index (χ1v) is 14.3. The van der Waals surface area contributed by atoms with Gasteiger partial charge in [0.25, 0.3) is 0 Å². The van der Waals surface area contributed by atoms with Crippen LogP contribution in [0, 0.1) is 5.92 Å². The van der Waals surface area contributed by atoms with E-state index in [1.165, 1.54) is 22.5 Å². The van der Waals surface area contributed by atoms with Crippen LogP contribution in [-0.2, 0) is 26.1 Å². The van der Waals surface area contributed by atoms with Crippen molar-refractivity contribution in [3.63, 3.8) is 0 Å². The van der Waals surface area contributed by atoms with Crippen LogP contribution >= 0.6 is 11.8 Å². The fraction of sp³-hybridized carbons (Fsp3) is 0.609. The number of benzene rings is 1. The Kier molecular flexibility index (Phi) is 8.28. The van der Waals surface area contributed by atoms with Gasteiger partial charge in [0.15, 0.2) is 11.0 Å². The molecule has 2 fully saturated rings. The number of carbonyl (C=O) groups excluding carboxylic acids is 1. The van der Waals surface area contributed by atoms with Gasteiger partial charge >= 0.3 is 0 Å². The number of carbonyl (C=O) groups is 1. The fourth-order valence-electron chi connectivity index (χ4n) is 4.23. The number of hydrogen-bond acceptors (Lipinski definition) is 7. The van der Waals surface area contributed by atoms with Gasteiger partial charge in [0.2, 0.25) is 15.9 Å². The highest BCUT2D eigenvalue weighted by molar-refractivity contribution is 7.99. The second-order valence-corrected chi connectivity index (χ2v) is 12.0. The zero-order valence-corrected chi connectivity index (χ0v) is 21.5. The summed E-state index contributed by atoms with van der Waals surface area (Å²) >= 11 is 1.40. The van der Waals surface area contributed by atoms with Crippen LogP contribution in [0.15, 0.2) is 34.3 Å². The highest BCUT2D eigenvalue weighted by atomic mass is 32.2. The summed E-state index contributed by atoms with van der Waals surface area (Å²) < 4.78 is 35.1. The summed E-state index contributed by atoms with van der Waals surface area (Å²) in [5.74, 6) is 1.39. The van der Waals surface area contributed by atoms with Crippen LogP contribution in [-0.4, -0.2) is 83.4 Å². The highest BCUT2D eigenvalue weighted by Gasteiger charge is 2.27. The second kappa shape index (κ2) is 11.2. The molecule has 34 heavy (non-hydrogen) atoms. The number of morpholine rings is 1. The lowest BCUT2D eigenvalue weighted by atomic mass is 10.1. The monoisotopic (exact) mass is 507 g/mol. The Morgan fingerprint density at radius 2 is 1.82 bits per heavy atom. The van der Waals surface area contributed by atoms with Gasteiger partial charge in [-0.05, 0) is 37.3 Å². The molecule has 2 aliphatic heterocycles. The molecule has 1 aromatic carbocycles. The number of rotatable bonds is 8. The Labute approximate surface area is 205 Å². The molecular weight excluding hydrogens is 474 g/mol. The first kappa shape index (κ1) is 25.2. The summed E-state index contributed by atoms with van der Waals surface area (Å²) in [6, 6.07) is 6.87. The van der Waals surface area contributed by atoms with Gasteiger partial charge in [0.05, 0.1) is 23.9 Å². The highest BCUT2D eigenvalue weighted by Crippen LogP contribution is 2.28. The van der Waals surface area contributed by atoms with Crippen LogP contribution in [0.3, 0.4) is 0 Å². The largest absolute Gasteiger partial charge is 0.379 e. The van der Waals surface area contributed by atoms with Gasteiger partial charge < -0.3 is 14.2 Å². The maximum absolute atomic E-state index is 13.1. The van der Waals surface area contributed by atoms with E-state index in [4.69, 9.17) is 4.74 Å². The molecule has 4 rings (SSSR count). The van der Waals surface area contributed by atoms with Gasteiger partial charge in [-0.2, -0.15) is 4.31 Å².